The molecule has 0 atom stereocenters. The molecule has 0 saturated heterocycles. The number of ether oxygens (including phenoxy) is 4. The fourth-order valence-corrected chi connectivity index (χ4v) is 2.97. The molecule has 0 aliphatic heterocycles. The highest BCUT2D eigenvalue weighted by atomic mass is 16.5. The Labute approximate surface area is 166 Å². The molecule has 2 aromatic rings. The fraction of sp³-hybridized carbons (Fsp3) is 0.381. The molecule has 0 fully saturated rings. The molecule has 7 heteroatoms. The molecule has 28 heavy (non-hydrogen) atoms. The first-order valence-electron chi connectivity index (χ1n) is 8.97. The van der Waals surface area contributed by atoms with Crippen molar-refractivity contribution in [2.24, 2.45) is 0 Å². The minimum Gasteiger partial charge on any atom is -0.493 e. The summed E-state index contributed by atoms with van der Waals surface area (Å²) in [5.74, 6) is 1.72. The quantitative estimate of drug-likeness (QED) is 0.623. The van der Waals surface area contributed by atoms with Crippen LogP contribution in [0, 0.1) is 11.3 Å². The lowest BCUT2D eigenvalue weighted by Crippen LogP contribution is -2.17. The molecule has 2 rings (SSSR count). The molecule has 7 nitrogen and oxygen atoms in total. The summed E-state index contributed by atoms with van der Waals surface area (Å²) in [6.45, 7) is 3.94. The molecular weight excluding hydrogens is 358 g/mol. The first-order chi connectivity index (χ1) is 13.6. The van der Waals surface area contributed by atoms with Gasteiger partial charge in [-0.25, -0.2) is 0 Å². The van der Waals surface area contributed by atoms with Crippen molar-refractivity contribution in [3.8, 4) is 23.3 Å². The number of hydrogen-bond acceptors (Lipinski definition) is 7. The van der Waals surface area contributed by atoms with Gasteiger partial charge in [0.05, 0.1) is 39.2 Å². The van der Waals surface area contributed by atoms with Crippen molar-refractivity contribution in [3.05, 3.63) is 35.9 Å². The van der Waals surface area contributed by atoms with Crippen molar-refractivity contribution >= 4 is 17.1 Å². The number of benzene rings is 2. The standard InChI is InChI=1S/C21H27N3O4/c1-6-24(17-12-19(26-3)21(28-5)20(13-17)27-4)16-8-7-15(14-22)18(11-16)23-9-10-25-2/h7-8,11-13,23H,6,9-10H2,1-5H3. The lowest BCUT2D eigenvalue weighted by molar-refractivity contribution is 0.211. The van der Waals surface area contributed by atoms with E-state index in [9.17, 15) is 5.26 Å². The van der Waals surface area contributed by atoms with Crippen LogP contribution in [0.1, 0.15) is 12.5 Å². The number of anilines is 3. The Balaban J connectivity index is 2.47. The van der Waals surface area contributed by atoms with Crippen molar-refractivity contribution in [2.75, 3.05) is 58.4 Å². The SMILES string of the molecule is CCN(c1ccc(C#N)c(NCCOC)c1)c1cc(OC)c(OC)c(OC)c1. The number of nitrogens with zero attached hydrogens (tertiary/aromatic N) is 2. The van der Waals surface area contributed by atoms with Gasteiger partial charge in [-0.1, -0.05) is 0 Å². The first-order valence-corrected chi connectivity index (χ1v) is 8.97. The van der Waals surface area contributed by atoms with Crippen molar-refractivity contribution in [2.45, 2.75) is 6.92 Å². The summed E-state index contributed by atoms with van der Waals surface area (Å²) in [5, 5.41) is 12.6. The summed E-state index contributed by atoms with van der Waals surface area (Å²) >= 11 is 0. The maximum absolute atomic E-state index is 9.39. The van der Waals surface area contributed by atoms with Crippen LogP contribution in [0.4, 0.5) is 17.1 Å². The van der Waals surface area contributed by atoms with E-state index in [1.165, 1.54) is 0 Å². The lowest BCUT2D eigenvalue weighted by Gasteiger charge is -2.26. The third kappa shape index (κ3) is 4.59. The van der Waals surface area contributed by atoms with Gasteiger partial charge in [0.1, 0.15) is 6.07 Å². The average Bonchev–Trinajstić information content (AvgIpc) is 2.73. The van der Waals surface area contributed by atoms with E-state index in [0.717, 1.165) is 17.1 Å². The second-order valence-electron chi connectivity index (χ2n) is 5.89. The summed E-state index contributed by atoms with van der Waals surface area (Å²) in [6, 6.07) is 11.7. The maximum atomic E-state index is 9.39. The number of rotatable bonds is 10. The number of methoxy groups -OCH3 is 4. The fourth-order valence-electron chi connectivity index (χ4n) is 2.97. The molecular formula is C21H27N3O4. The van der Waals surface area contributed by atoms with Crippen LogP contribution in [-0.4, -0.2) is 48.1 Å². The van der Waals surface area contributed by atoms with E-state index in [4.69, 9.17) is 18.9 Å². The van der Waals surface area contributed by atoms with E-state index in [1.807, 2.05) is 30.3 Å². The molecule has 0 aromatic heterocycles. The number of nitrogens with one attached hydrogen (secondary N) is 1. The van der Waals surface area contributed by atoms with E-state index in [2.05, 4.69) is 23.2 Å². The minimum absolute atomic E-state index is 0.548. The topological polar surface area (TPSA) is 76.0 Å². The molecule has 0 unspecified atom stereocenters. The van der Waals surface area contributed by atoms with Crippen LogP contribution >= 0.6 is 0 Å². The third-order valence-corrected chi connectivity index (χ3v) is 4.33. The Morgan fingerprint density at radius 1 is 0.964 bits per heavy atom. The van der Waals surface area contributed by atoms with E-state index in [1.54, 1.807) is 28.4 Å². The van der Waals surface area contributed by atoms with Crippen LogP contribution in [0.3, 0.4) is 0 Å². The minimum atomic E-state index is 0.548. The van der Waals surface area contributed by atoms with Crippen molar-refractivity contribution in [3.63, 3.8) is 0 Å². The van der Waals surface area contributed by atoms with Gasteiger partial charge in [-0.3, -0.25) is 0 Å². The van der Waals surface area contributed by atoms with Gasteiger partial charge in [0, 0.05) is 43.7 Å². The molecule has 0 bridgehead atoms. The molecule has 0 amide bonds. The van der Waals surface area contributed by atoms with Crippen LogP contribution in [-0.2, 0) is 4.74 Å². The molecule has 0 aliphatic rings. The monoisotopic (exact) mass is 385 g/mol. The normalized spacial score (nSPS) is 10.1. The Bertz CT molecular complexity index is 808. The third-order valence-electron chi connectivity index (χ3n) is 4.33. The Morgan fingerprint density at radius 3 is 2.14 bits per heavy atom. The van der Waals surface area contributed by atoms with Crippen molar-refractivity contribution in [1.82, 2.24) is 0 Å². The van der Waals surface area contributed by atoms with E-state index in [0.29, 0.717) is 42.5 Å². The molecule has 0 aliphatic carbocycles. The predicted molar refractivity (Wildman–Crippen MR) is 110 cm³/mol. The molecule has 150 valence electrons. The molecule has 0 spiro atoms. The van der Waals surface area contributed by atoms with Crippen LogP contribution < -0.4 is 24.4 Å². The Hall–Kier alpha value is -3.11. The van der Waals surface area contributed by atoms with Gasteiger partial charge >= 0.3 is 0 Å². The van der Waals surface area contributed by atoms with Crippen molar-refractivity contribution < 1.29 is 18.9 Å². The van der Waals surface area contributed by atoms with Gasteiger partial charge in [0.25, 0.3) is 0 Å². The zero-order valence-electron chi connectivity index (χ0n) is 17.0. The Morgan fingerprint density at radius 2 is 1.64 bits per heavy atom. The number of nitriles is 1. The smallest absolute Gasteiger partial charge is 0.203 e. The summed E-state index contributed by atoms with van der Waals surface area (Å²) in [6.07, 6.45) is 0. The van der Waals surface area contributed by atoms with Crippen LogP contribution in [0.25, 0.3) is 0 Å². The van der Waals surface area contributed by atoms with Crippen LogP contribution in [0.2, 0.25) is 0 Å². The molecule has 0 heterocycles. The highest BCUT2D eigenvalue weighted by Crippen LogP contribution is 2.42. The average molecular weight is 385 g/mol. The summed E-state index contributed by atoms with van der Waals surface area (Å²) in [5.41, 5.74) is 3.18. The highest BCUT2D eigenvalue weighted by molar-refractivity contribution is 5.74. The van der Waals surface area contributed by atoms with Crippen molar-refractivity contribution in [1.29, 1.82) is 5.26 Å². The largest absolute Gasteiger partial charge is 0.493 e. The van der Waals surface area contributed by atoms with Crippen LogP contribution in [0.5, 0.6) is 17.2 Å². The zero-order chi connectivity index (χ0) is 20.5. The van der Waals surface area contributed by atoms with E-state index >= 15 is 0 Å². The summed E-state index contributed by atoms with van der Waals surface area (Å²) < 4.78 is 21.4. The van der Waals surface area contributed by atoms with Gasteiger partial charge in [-0.05, 0) is 25.1 Å². The molecule has 2 aromatic carbocycles. The maximum Gasteiger partial charge on any atom is 0.203 e. The molecule has 1 N–H and O–H groups in total. The Kier molecular flexibility index (Phi) is 7.78. The van der Waals surface area contributed by atoms with E-state index < -0.39 is 0 Å². The van der Waals surface area contributed by atoms with Gasteiger partial charge < -0.3 is 29.2 Å². The van der Waals surface area contributed by atoms with Gasteiger partial charge in [-0.15, -0.1) is 0 Å². The summed E-state index contributed by atoms with van der Waals surface area (Å²) in [4.78, 5) is 2.10. The van der Waals surface area contributed by atoms with Crippen LogP contribution in [0.15, 0.2) is 30.3 Å². The second-order valence-corrected chi connectivity index (χ2v) is 5.89. The molecule has 0 radical (unpaired) electrons. The van der Waals surface area contributed by atoms with Gasteiger partial charge in [-0.2, -0.15) is 5.26 Å². The van der Waals surface area contributed by atoms with Gasteiger partial charge in [0.2, 0.25) is 5.75 Å². The predicted octanol–water partition coefficient (Wildman–Crippen LogP) is 3.80. The van der Waals surface area contributed by atoms with E-state index in [-0.39, 0.29) is 0 Å². The zero-order valence-corrected chi connectivity index (χ0v) is 17.0. The number of hydrogen-bond donors (Lipinski definition) is 1. The molecule has 0 saturated carbocycles. The first kappa shape index (κ1) is 21.2. The lowest BCUT2D eigenvalue weighted by atomic mass is 10.1. The van der Waals surface area contributed by atoms with Gasteiger partial charge in [0.15, 0.2) is 11.5 Å². The second kappa shape index (κ2) is 10.3. The highest BCUT2D eigenvalue weighted by Gasteiger charge is 2.18. The summed E-state index contributed by atoms with van der Waals surface area (Å²) in [7, 11) is 6.41.